The van der Waals surface area contributed by atoms with Crippen LogP contribution >= 0.6 is 0 Å². The zero-order valence-corrected chi connectivity index (χ0v) is 11.5. The molecular weight excluding hydrogens is 280 g/mol. The van der Waals surface area contributed by atoms with E-state index < -0.39 is 13.0 Å². The maximum absolute atomic E-state index is 11.9. The second-order valence-corrected chi connectivity index (χ2v) is 4.36. The third-order valence-corrected chi connectivity index (χ3v) is 2.67. The first-order chi connectivity index (χ1) is 10.2. The van der Waals surface area contributed by atoms with Gasteiger partial charge in [-0.25, -0.2) is 8.78 Å². The van der Waals surface area contributed by atoms with Gasteiger partial charge in [-0.05, 0) is 12.1 Å². The minimum Gasteiger partial charge on any atom is -0.385 e. The molecule has 5 nitrogen and oxygen atoms in total. The molecule has 21 heavy (non-hydrogen) atoms. The molecule has 2 rings (SSSR count). The van der Waals surface area contributed by atoms with E-state index >= 15 is 0 Å². The van der Waals surface area contributed by atoms with Crippen molar-refractivity contribution in [2.45, 2.75) is 19.3 Å². The Balaban J connectivity index is 1.66. The monoisotopic (exact) mass is 297 g/mol. The van der Waals surface area contributed by atoms with E-state index in [0.717, 1.165) is 5.69 Å². The average Bonchev–Trinajstić information content (AvgIpc) is 2.92. The molecule has 0 atom stereocenters. The van der Waals surface area contributed by atoms with Gasteiger partial charge in [0, 0.05) is 25.1 Å². The number of rotatable bonds is 9. The third kappa shape index (κ3) is 5.86. The Kier molecular flexibility index (Phi) is 6.08. The molecule has 0 aliphatic carbocycles. The van der Waals surface area contributed by atoms with Crippen LogP contribution in [0, 0.1) is 0 Å². The fourth-order valence-corrected chi connectivity index (χ4v) is 1.70. The summed E-state index contributed by atoms with van der Waals surface area (Å²) < 4.78 is 33.6. The first-order valence-electron chi connectivity index (χ1n) is 6.70. The van der Waals surface area contributed by atoms with Crippen LogP contribution in [-0.2, 0) is 17.6 Å². The molecule has 0 saturated carbocycles. The van der Waals surface area contributed by atoms with Crippen LogP contribution in [0.3, 0.4) is 0 Å². The number of benzene rings is 1. The highest BCUT2D eigenvalue weighted by Crippen LogP contribution is 2.06. The van der Waals surface area contributed by atoms with E-state index in [1.54, 1.807) is 0 Å². The van der Waals surface area contributed by atoms with Crippen LogP contribution in [0.1, 0.15) is 11.7 Å². The average molecular weight is 297 g/mol. The summed E-state index contributed by atoms with van der Waals surface area (Å²) in [5.74, 6) is 0.987. The minimum atomic E-state index is -2.45. The summed E-state index contributed by atoms with van der Waals surface area (Å²) >= 11 is 0. The van der Waals surface area contributed by atoms with Crippen molar-refractivity contribution in [1.29, 1.82) is 0 Å². The summed E-state index contributed by atoms with van der Waals surface area (Å²) in [6.45, 7) is 0.269. The Hall–Kier alpha value is -2.02. The van der Waals surface area contributed by atoms with Crippen molar-refractivity contribution in [2.24, 2.45) is 0 Å². The molecule has 1 aromatic heterocycles. The van der Waals surface area contributed by atoms with Crippen LogP contribution in [0.25, 0.3) is 0 Å². The van der Waals surface area contributed by atoms with E-state index in [0.29, 0.717) is 31.1 Å². The van der Waals surface area contributed by atoms with Crippen LogP contribution in [-0.4, -0.2) is 36.3 Å². The Morgan fingerprint density at radius 1 is 1.19 bits per heavy atom. The highest BCUT2D eigenvalue weighted by atomic mass is 19.3. The van der Waals surface area contributed by atoms with Crippen molar-refractivity contribution in [3.8, 4) is 0 Å². The van der Waals surface area contributed by atoms with E-state index in [9.17, 15) is 8.78 Å². The molecule has 0 bridgehead atoms. The minimum absolute atomic E-state index is 0.158. The Morgan fingerprint density at radius 2 is 2.00 bits per heavy atom. The molecule has 0 aliphatic heterocycles. The molecule has 0 unspecified atom stereocenters. The fraction of sp³-hybridized carbons (Fsp3) is 0.429. The largest absolute Gasteiger partial charge is 0.385 e. The van der Waals surface area contributed by atoms with Gasteiger partial charge in [0.2, 0.25) is 5.89 Å². The lowest BCUT2D eigenvalue weighted by Gasteiger charge is -2.02. The predicted octanol–water partition coefficient (Wildman–Crippen LogP) is 2.55. The molecule has 0 amide bonds. The Bertz CT molecular complexity index is 520. The van der Waals surface area contributed by atoms with Crippen LogP contribution in [0.5, 0.6) is 0 Å². The van der Waals surface area contributed by atoms with Crippen molar-refractivity contribution < 1.29 is 18.0 Å². The predicted molar refractivity (Wildman–Crippen MR) is 73.5 cm³/mol. The molecule has 7 heteroatoms. The van der Waals surface area contributed by atoms with Gasteiger partial charge in [0.1, 0.15) is 6.61 Å². The highest BCUT2D eigenvalue weighted by Gasteiger charge is 2.07. The number of nitrogens with one attached hydrogen (secondary N) is 1. The van der Waals surface area contributed by atoms with Crippen LogP contribution in [0.2, 0.25) is 0 Å². The Labute approximate surface area is 121 Å². The first-order valence-corrected chi connectivity index (χ1v) is 6.70. The number of ether oxygens (including phenoxy) is 1. The second-order valence-electron chi connectivity index (χ2n) is 4.36. The number of alkyl halides is 2. The van der Waals surface area contributed by atoms with Gasteiger partial charge in [-0.2, -0.15) is 4.98 Å². The van der Waals surface area contributed by atoms with E-state index in [4.69, 9.17) is 9.26 Å². The molecular formula is C14H17F2N3O2. The normalized spacial score (nSPS) is 11.0. The van der Waals surface area contributed by atoms with E-state index in [1.807, 2.05) is 30.3 Å². The fourth-order valence-electron chi connectivity index (χ4n) is 1.70. The van der Waals surface area contributed by atoms with E-state index in [1.165, 1.54) is 0 Å². The second kappa shape index (κ2) is 8.31. The summed E-state index contributed by atoms with van der Waals surface area (Å²) in [4.78, 5) is 4.17. The molecule has 1 aromatic carbocycles. The third-order valence-electron chi connectivity index (χ3n) is 2.67. The Morgan fingerprint density at radius 3 is 2.76 bits per heavy atom. The van der Waals surface area contributed by atoms with Crippen molar-refractivity contribution in [3.05, 3.63) is 42.0 Å². The van der Waals surface area contributed by atoms with Gasteiger partial charge in [0.05, 0.1) is 6.61 Å². The van der Waals surface area contributed by atoms with E-state index in [2.05, 4.69) is 15.5 Å². The smallest absolute Gasteiger partial charge is 0.261 e. The van der Waals surface area contributed by atoms with Crippen molar-refractivity contribution in [2.75, 3.05) is 25.1 Å². The summed E-state index contributed by atoms with van der Waals surface area (Å²) in [5, 5.41) is 7.01. The molecule has 0 radical (unpaired) electrons. The van der Waals surface area contributed by atoms with Gasteiger partial charge in [0.15, 0.2) is 5.82 Å². The van der Waals surface area contributed by atoms with Gasteiger partial charge < -0.3 is 14.6 Å². The van der Waals surface area contributed by atoms with Crippen molar-refractivity contribution >= 4 is 5.69 Å². The summed E-state index contributed by atoms with van der Waals surface area (Å²) in [5.41, 5.74) is 1.03. The number of nitrogens with zero attached hydrogens (tertiary/aromatic N) is 2. The zero-order valence-electron chi connectivity index (χ0n) is 11.5. The number of para-hydroxylation sites is 1. The SMILES string of the molecule is FC(F)COCCc1noc(CCNc2ccccc2)n1. The van der Waals surface area contributed by atoms with Gasteiger partial charge >= 0.3 is 0 Å². The van der Waals surface area contributed by atoms with E-state index in [-0.39, 0.29) is 6.61 Å². The van der Waals surface area contributed by atoms with Crippen LogP contribution in [0.4, 0.5) is 14.5 Å². The van der Waals surface area contributed by atoms with Gasteiger partial charge in [-0.1, -0.05) is 23.4 Å². The lowest BCUT2D eigenvalue weighted by atomic mass is 10.3. The number of aromatic nitrogens is 2. The summed E-state index contributed by atoms with van der Waals surface area (Å²) in [7, 11) is 0. The lowest BCUT2D eigenvalue weighted by Crippen LogP contribution is -2.08. The molecule has 2 aromatic rings. The van der Waals surface area contributed by atoms with Gasteiger partial charge in [-0.3, -0.25) is 0 Å². The van der Waals surface area contributed by atoms with Gasteiger partial charge in [0.25, 0.3) is 6.43 Å². The molecule has 0 aliphatic rings. The van der Waals surface area contributed by atoms with Crippen molar-refractivity contribution in [3.63, 3.8) is 0 Å². The zero-order chi connectivity index (χ0) is 14.9. The van der Waals surface area contributed by atoms with Crippen molar-refractivity contribution in [1.82, 2.24) is 10.1 Å². The standard InChI is InChI=1S/C14H17F2N3O2/c15-12(16)10-20-9-7-13-18-14(21-19-13)6-8-17-11-4-2-1-3-5-11/h1-5,12,17H,6-10H2. The van der Waals surface area contributed by atoms with Crippen LogP contribution < -0.4 is 5.32 Å². The molecule has 1 N–H and O–H groups in total. The highest BCUT2D eigenvalue weighted by molar-refractivity contribution is 5.42. The quantitative estimate of drug-likeness (QED) is 0.721. The molecule has 114 valence electrons. The number of halogens is 2. The summed E-state index contributed by atoms with van der Waals surface area (Å²) in [6.07, 6.45) is -1.49. The number of anilines is 1. The molecule has 0 saturated heterocycles. The maximum atomic E-state index is 11.9. The van der Waals surface area contributed by atoms with Crippen LogP contribution in [0.15, 0.2) is 34.9 Å². The molecule has 1 heterocycles. The number of hydrogen-bond donors (Lipinski definition) is 1. The topological polar surface area (TPSA) is 60.2 Å². The first kappa shape index (κ1) is 15.4. The molecule has 0 spiro atoms. The lowest BCUT2D eigenvalue weighted by molar-refractivity contribution is 0.0182. The summed E-state index contributed by atoms with van der Waals surface area (Å²) in [6, 6.07) is 9.80. The maximum Gasteiger partial charge on any atom is 0.261 e. The molecule has 0 fully saturated rings. The van der Waals surface area contributed by atoms with Gasteiger partial charge in [-0.15, -0.1) is 0 Å². The number of hydrogen-bond acceptors (Lipinski definition) is 5.